The van der Waals surface area contributed by atoms with Crippen LogP contribution in [0.1, 0.15) is 52.9 Å². The smallest absolute Gasteiger partial charge is 0.0420 e. The molecule has 0 aromatic rings. The Morgan fingerprint density at radius 2 is 2.12 bits per heavy atom. The minimum absolute atomic E-state index is 0.238. The van der Waals surface area contributed by atoms with Crippen LogP contribution in [0.5, 0.6) is 0 Å². The third-order valence-electron chi connectivity index (χ3n) is 4.87. The molecule has 0 heterocycles. The second-order valence-corrected chi connectivity index (χ2v) is 6.23. The van der Waals surface area contributed by atoms with E-state index in [1.807, 2.05) is 0 Å². The Bertz CT molecular complexity index is 230. The van der Waals surface area contributed by atoms with Gasteiger partial charge in [-0.1, -0.05) is 40.0 Å². The number of nitrogens with one attached hydrogen (secondary N) is 1. The van der Waals surface area contributed by atoms with E-state index >= 15 is 0 Å². The summed E-state index contributed by atoms with van der Waals surface area (Å²) in [6.07, 6.45) is 6.41. The van der Waals surface area contributed by atoms with E-state index in [2.05, 4.69) is 45.2 Å². The Morgan fingerprint density at radius 3 is 2.53 bits per heavy atom. The van der Waals surface area contributed by atoms with Crippen molar-refractivity contribution in [3.8, 4) is 0 Å². The van der Waals surface area contributed by atoms with Gasteiger partial charge in [-0.2, -0.15) is 0 Å². The first-order valence-corrected chi connectivity index (χ1v) is 7.11. The lowest BCUT2D eigenvalue weighted by molar-refractivity contribution is 0.0176. The lowest BCUT2D eigenvalue weighted by Crippen LogP contribution is -2.64. The van der Waals surface area contributed by atoms with Crippen LogP contribution in [0.3, 0.4) is 0 Å². The van der Waals surface area contributed by atoms with Gasteiger partial charge in [0, 0.05) is 11.6 Å². The average molecular weight is 241 g/mol. The van der Waals surface area contributed by atoms with Crippen molar-refractivity contribution in [2.45, 2.75) is 64.5 Å². The summed E-state index contributed by atoms with van der Waals surface area (Å²) in [5.41, 5.74) is 3.36. The zero-order valence-electron chi connectivity index (χ0n) is 12.3. The summed E-state index contributed by atoms with van der Waals surface area (Å²) >= 11 is 0. The highest BCUT2D eigenvalue weighted by molar-refractivity contribution is 5.02. The molecule has 3 N–H and O–H groups in total. The number of nitrogens with zero attached hydrogens (tertiary/aromatic N) is 1. The fourth-order valence-corrected chi connectivity index (χ4v) is 3.62. The van der Waals surface area contributed by atoms with Crippen molar-refractivity contribution in [1.29, 1.82) is 0 Å². The van der Waals surface area contributed by atoms with Gasteiger partial charge in [-0.05, 0) is 38.8 Å². The number of likely N-dealkylation sites (N-methyl/N-ethyl adjacent to an activating group) is 1. The monoisotopic (exact) mass is 241 g/mol. The molecule has 3 nitrogen and oxygen atoms in total. The van der Waals surface area contributed by atoms with E-state index in [-0.39, 0.29) is 5.54 Å². The maximum Gasteiger partial charge on any atom is 0.0420 e. The molecule has 17 heavy (non-hydrogen) atoms. The fraction of sp³-hybridized carbons (Fsp3) is 1.00. The highest BCUT2D eigenvalue weighted by atomic mass is 15.3. The Morgan fingerprint density at radius 1 is 1.47 bits per heavy atom. The molecule has 0 bridgehead atoms. The Kier molecular flexibility index (Phi) is 5.42. The summed E-state index contributed by atoms with van der Waals surface area (Å²) in [6.45, 7) is 6.95. The van der Waals surface area contributed by atoms with E-state index in [0.717, 1.165) is 5.92 Å². The van der Waals surface area contributed by atoms with Gasteiger partial charge in [-0.15, -0.1) is 0 Å². The summed E-state index contributed by atoms with van der Waals surface area (Å²) in [7, 11) is 4.43. The van der Waals surface area contributed by atoms with Crippen LogP contribution in [-0.4, -0.2) is 30.6 Å². The summed E-state index contributed by atoms with van der Waals surface area (Å²) in [4.78, 5) is 2.42. The number of hydrazine groups is 1. The molecule has 1 rings (SSSR count). The number of hydrogen-bond donors (Lipinski definition) is 2. The lowest BCUT2D eigenvalue weighted by atomic mass is 9.68. The van der Waals surface area contributed by atoms with Gasteiger partial charge in [0.2, 0.25) is 0 Å². The summed E-state index contributed by atoms with van der Waals surface area (Å²) in [6, 6.07) is 0.394. The quantitative estimate of drug-likeness (QED) is 0.573. The Hall–Kier alpha value is -0.120. The van der Waals surface area contributed by atoms with Crippen molar-refractivity contribution in [2.75, 3.05) is 14.1 Å². The second-order valence-electron chi connectivity index (χ2n) is 6.23. The van der Waals surface area contributed by atoms with Gasteiger partial charge in [0.25, 0.3) is 0 Å². The molecule has 0 aromatic carbocycles. The topological polar surface area (TPSA) is 41.3 Å². The standard InChI is InChI=1S/C14H31N3/c1-6-12(3)13(16-15)14(17(4)5)9-7-8-11(2)10-14/h11-13,16H,6-10,15H2,1-5H3. The van der Waals surface area contributed by atoms with E-state index in [4.69, 9.17) is 5.84 Å². The van der Waals surface area contributed by atoms with Gasteiger partial charge in [0.15, 0.2) is 0 Å². The van der Waals surface area contributed by atoms with Crippen LogP contribution in [0.4, 0.5) is 0 Å². The van der Waals surface area contributed by atoms with E-state index in [1.54, 1.807) is 0 Å². The third kappa shape index (κ3) is 3.01. The first-order valence-electron chi connectivity index (χ1n) is 7.11. The first kappa shape index (κ1) is 14.9. The van der Waals surface area contributed by atoms with Gasteiger partial charge in [-0.25, -0.2) is 0 Å². The predicted octanol–water partition coefficient (Wildman–Crippen LogP) is 2.37. The number of hydrogen-bond acceptors (Lipinski definition) is 3. The van der Waals surface area contributed by atoms with Crippen LogP contribution >= 0.6 is 0 Å². The zero-order chi connectivity index (χ0) is 13.1. The molecule has 0 aliphatic heterocycles. The average Bonchev–Trinajstić information content (AvgIpc) is 2.29. The van der Waals surface area contributed by atoms with E-state index in [0.29, 0.717) is 12.0 Å². The molecule has 1 saturated carbocycles. The molecule has 4 atom stereocenters. The van der Waals surface area contributed by atoms with Crippen molar-refractivity contribution in [1.82, 2.24) is 10.3 Å². The number of rotatable bonds is 5. The summed E-state index contributed by atoms with van der Waals surface area (Å²) in [5.74, 6) is 7.30. The van der Waals surface area contributed by atoms with Crippen LogP contribution in [0.2, 0.25) is 0 Å². The molecule has 0 aromatic heterocycles. The van der Waals surface area contributed by atoms with Gasteiger partial charge in [0.1, 0.15) is 0 Å². The van der Waals surface area contributed by atoms with Gasteiger partial charge >= 0.3 is 0 Å². The molecule has 0 saturated heterocycles. The van der Waals surface area contributed by atoms with Crippen molar-refractivity contribution < 1.29 is 0 Å². The molecule has 3 heteroatoms. The molecule has 102 valence electrons. The fourth-order valence-electron chi connectivity index (χ4n) is 3.62. The Balaban J connectivity index is 2.96. The molecule has 0 radical (unpaired) electrons. The van der Waals surface area contributed by atoms with Gasteiger partial charge in [0.05, 0.1) is 0 Å². The van der Waals surface area contributed by atoms with Crippen molar-refractivity contribution in [3.05, 3.63) is 0 Å². The molecular formula is C14H31N3. The largest absolute Gasteiger partial charge is 0.302 e. The third-order valence-corrected chi connectivity index (χ3v) is 4.87. The molecule has 4 unspecified atom stereocenters. The maximum absolute atomic E-state index is 5.87. The second kappa shape index (κ2) is 6.17. The summed E-state index contributed by atoms with van der Waals surface area (Å²) < 4.78 is 0. The Labute approximate surface area is 107 Å². The SMILES string of the molecule is CCC(C)C(NN)C1(N(C)C)CCCC(C)C1. The zero-order valence-corrected chi connectivity index (χ0v) is 12.3. The lowest BCUT2D eigenvalue weighted by Gasteiger charge is -2.51. The molecule has 1 aliphatic rings. The molecule has 0 spiro atoms. The van der Waals surface area contributed by atoms with Crippen molar-refractivity contribution in [3.63, 3.8) is 0 Å². The van der Waals surface area contributed by atoms with Crippen LogP contribution in [0.15, 0.2) is 0 Å². The minimum Gasteiger partial charge on any atom is -0.302 e. The highest BCUT2D eigenvalue weighted by Crippen LogP contribution is 2.40. The molecular weight excluding hydrogens is 210 g/mol. The van der Waals surface area contributed by atoms with Crippen molar-refractivity contribution in [2.24, 2.45) is 17.7 Å². The number of nitrogens with two attached hydrogens (primary N) is 1. The van der Waals surface area contributed by atoms with Crippen LogP contribution in [-0.2, 0) is 0 Å². The van der Waals surface area contributed by atoms with E-state index < -0.39 is 0 Å². The van der Waals surface area contributed by atoms with Crippen LogP contribution in [0.25, 0.3) is 0 Å². The van der Waals surface area contributed by atoms with E-state index in [1.165, 1.54) is 32.1 Å². The molecule has 0 amide bonds. The molecule has 1 fully saturated rings. The van der Waals surface area contributed by atoms with Gasteiger partial charge in [-0.3, -0.25) is 11.3 Å². The highest BCUT2D eigenvalue weighted by Gasteiger charge is 2.44. The van der Waals surface area contributed by atoms with Crippen LogP contribution in [0, 0.1) is 11.8 Å². The first-order chi connectivity index (χ1) is 7.97. The summed E-state index contributed by atoms with van der Waals surface area (Å²) in [5, 5.41) is 0. The van der Waals surface area contributed by atoms with Gasteiger partial charge < -0.3 is 4.90 Å². The molecule has 1 aliphatic carbocycles. The minimum atomic E-state index is 0.238. The maximum atomic E-state index is 5.87. The predicted molar refractivity (Wildman–Crippen MR) is 74.6 cm³/mol. The van der Waals surface area contributed by atoms with Crippen LogP contribution < -0.4 is 11.3 Å². The van der Waals surface area contributed by atoms with Crippen molar-refractivity contribution >= 4 is 0 Å². The normalized spacial score (nSPS) is 33.7. The van der Waals surface area contributed by atoms with E-state index in [9.17, 15) is 0 Å².